The maximum Gasteiger partial charge on any atom is 0.150 e. The summed E-state index contributed by atoms with van der Waals surface area (Å²) in [5.41, 5.74) is 9.79. The highest BCUT2D eigenvalue weighted by molar-refractivity contribution is 6.32. The highest BCUT2D eigenvalue weighted by Crippen LogP contribution is 2.32. The number of ether oxygens (including phenoxy) is 1. The molecule has 5 nitrogen and oxygen atoms in total. The lowest BCUT2D eigenvalue weighted by atomic mass is 10.2. The molecule has 0 aliphatic heterocycles. The second kappa shape index (κ2) is 4.93. The van der Waals surface area contributed by atoms with E-state index >= 15 is 0 Å². The van der Waals surface area contributed by atoms with E-state index in [1.165, 1.54) is 6.33 Å². The molecule has 2 aromatic heterocycles. The van der Waals surface area contributed by atoms with E-state index in [0.29, 0.717) is 16.6 Å². The van der Waals surface area contributed by atoms with Crippen molar-refractivity contribution in [2.24, 2.45) is 0 Å². The summed E-state index contributed by atoms with van der Waals surface area (Å²) in [6.45, 7) is 4.04. The molecule has 108 valence electrons. The lowest BCUT2D eigenvalue weighted by Crippen LogP contribution is -1.99. The Labute approximate surface area is 127 Å². The Morgan fingerprint density at radius 1 is 1.24 bits per heavy atom. The van der Waals surface area contributed by atoms with Crippen LogP contribution in [-0.4, -0.2) is 21.6 Å². The highest BCUT2D eigenvalue weighted by Gasteiger charge is 2.17. The zero-order valence-corrected chi connectivity index (χ0v) is 12.8. The van der Waals surface area contributed by atoms with Crippen molar-refractivity contribution in [1.29, 1.82) is 0 Å². The van der Waals surface area contributed by atoms with Crippen molar-refractivity contribution in [1.82, 2.24) is 14.5 Å². The van der Waals surface area contributed by atoms with Crippen LogP contribution in [0.25, 0.3) is 16.7 Å². The molecule has 0 fully saturated rings. The van der Waals surface area contributed by atoms with Gasteiger partial charge in [-0.3, -0.25) is 4.57 Å². The van der Waals surface area contributed by atoms with Gasteiger partial charge in [0.2, 0.25) is 0 Å². The maximum atomic E-state index is 6.23. The molecule has 1 aromatic carbocycles. The summed E-state index contributed by atoms with van der Waals surface area (Å²) in [6, 6.07) is 5.63. The first-order valence-corrected chi connectivity index (χ1v) is 6.84. The van der Waals surface area contributed by atoms with Crippen LogP contribution in [0.1, 0.15) is 11.3 Å². The molecule has 0 radical (unpaired) electrons. The van der Waals surface area contributed by atoms with Gasteiger partial charge < -0.3 is 10.5 Å². The van der Waals surface area contributed by atoms with Crippen molar-refractivity contribution in [3.8, 4) is 11.4 Å². The third-order valence-corrected chi connectivity index (χ3v) is 4.01. The second-order valence-electron chi connectivity index (χ2n) is 4.82. The second-order valence-corrected chi connectivity index (χ2v) is 5.23. The number of anilines is 1. The van der Waals surface area contributed by atoms with Crippen molar-refractivity contribution in [2.75, 3.05) is 12.8 Å². The number of benzene rings is 1. The Morgan fingerprint density at radius 2 is 2.00 bits per heavy atom. The van der Waals surface area contributed by atoms with Gasteiger partial charge in [0.1, 0.15) is 17.9 Å². The number of nitrogens with zero attached hydrogens (tertiary/aromatic N) is 3. The molecule has 3 rings (SSSR count). The molecule has 0 unspecified atom stereocenters. The van der Waals surface area contributed by atoms with E-state index < -0.39 is 0 Å². The average Bonchev–Trinajstić information content (AvgIpc) is 2.72. The van der Waals surface area contributed by atoms with Gasteiger partial charge in [0.25, 0.3) is 0 Å². The van der Waals surface area contributed by atoms with E-state index in [-0.39, 0.29) is 0 Å². The molecule has 0 saturated carbocycles. The summed E-state index contributed by atoms with van der Waals surface area (Å²) in [7, 11) is 1.59. The van der Waals surface area contributed by atoms with Crippen molar-refractivity contribution in [3.63, 3.8) is 0 Å². The first-order chi connectivity index (χ1) is 10.0. The normalized spacial score (nSPS) is 11.0. The topological polar surface area (TPSA) is 66.0 Å². The first-order valence-electron chi connectivity index (χ1n) is 6.46. The lowest BCUT2D eigenvalue weighted by Gasteiger charge is -2.10. The zero-order chi connectivity index (χ0) is 15.1. The van der Waals surface area contributed by atoms with E-state index in [4.69, 9.17) is 22.1 Å². The number of fused-ring (bicyclic) bond motifs is 1. The summed E-state index contributed by atoms with van der Waals surface area (Å²) < 4.78 is 7.21. The summed E-state index contributed by atoms with van der Waals surface area (Å²) in [4.78, 5) is 8.44. The molecule has 2 heterocycles. The number of nitrogens with two attached hydrogens (primary N) is 1. The van der Waals surface area contributed by atoms with Gasteiger partial charge in [-0.25, -0.2) is 9.97 Å². The molecule has 3 aromatic rings. The van der Waals surface area contributed by atoms with Crippen LogP contribution in [-0.2, 0) is 0 Å². The lowest BCUT2D eigenvalue weighted by molar-refractivity contribution is 0.415. The van der Waals surface area contributed by atoms with Crippen LogP contribution in [0.15, 0.2) is 24.5 Å². The molecular formula is C15H15ClN4O. The number of aryl methyl sites for hydroxylation is 1. The van der Waals surface area contributed by atoms with Crippen LogP contribution < -0.4 is 10.5 Å². The van der Waals surface area contributed by atoms with E-state index in [9.17, 15) is 0 Å². The molecule has 0 amide bonds. The number of methoxy groups -OCH3 is 1. The summed E-state index contributed by atoms with van der Waals surface area (Å²) in [5.74, 6) is 1.12. The minimum Gasteiger partial charge on any atom is -0.495 e. The van der Waals surface area contributed by atoms with Crippen LogP contribution in [0.2, 0.25) is 5.02 Å². The molecule has 6 heteroatoms. The molecule has 0 spiro atoms. The fourth-order valence-electron chi connectivity index (χ4n) is 2.54. The van der Waals surface area contributed by atoms with Gasteiger partial charge in [0, 0.05) is 11.4 Å². The van der Waals surface area contributed by atoms with Crippen LogP contribution in [0.5, 0.6) is 5.75 Å². The van der Waals surface area contributed by atoms with Crippen molar-refractivity contribution in [2.45, 2.75) is 13.8 Å². The van der Waals surface area contributed by atoms with Crippen molar-refractivity contribution in [3.05, 3.63) is 40.8 Å². The fraction of sp³-hybridized carbons (Fsp3) is 0.200. The largest absolute Gasteiger partial charge is 0.495 e. The highest BCUT2D eigenvalue weighted by atomic mass is 35.5. The number of hydrogen-bond donors (Lipinski definition) is 1. The first kappa shape index (κ1) is 13.7. The number of aromatic nitrogens is 3. The molecule has 2 N–H and O–H groups in total. The van der Waals surface area contributed by atoms with Gasteiger partial charge in [-0.2, -0.15) is 0 Å². The fourth-order valence-corrected chi connectivity index (χ4v) is 2.79. The molecule has 21 heavy (non-hydrogen) atoms. The zero-order valence-electron chi connectivity index (χ0n) is 12.0. The van der Waals surface area contributed by atoms with Gasteiger partial charge in [-0.15, -0.1) is 0 Å². The monoisotopic (exact) mass is 302 g/mol. The minimum atomic E-state index is 0.485. The van der Waals surface area contributed by atoms with Gasteiger partial charge >= 0.3 is 0 Å². The van der Waals surface area contributed by atoms with E-state index in [1.54, 1.807) is 7.11 Å². The van der Waals surface area contributed by atoms with Crippen LogP contribution in [0.3, 0.4) is 0 Å². The van der Waals surface area contributed by atoms with E-state index in [0.717, 1.165) is 28.0 Å². The van der Waals surface area contributed by atoms with Crippen molar-refractivity contribution >= 4 is 28.5 Å². The van der Waals surface area contributed by atoms with Gasteiger partial charge in [0.05, 0.1) is 17.5 Å². The molecule has 0 atom stereocenters. The van der Waals surface area contributed by atoms with Crippen LogP contribution in [0, 0.1) is 13.8 Å². The number of hydrogen-bond acceptors (Lipinski definition) is 4. The average molecular weight is 303 g/mol. The molecule has 0 saturated heterocycles. The smallest absolute Gasteiger partial charge is 0.150 e. The number of rotatable bonds is 2. The van der Waals surface area contributed by atoms with E-state index in [2.05, 4.69) is 9.97 Å². The predicted octanol–water partition coefficient (Wildman–Crippen LogP) is 3.28. The van der Waals surface area contributed by atoms with E-state index in [1.807, 2.05) is 36.6 Å². The van der Waals surface area contributed by atoms with Gasteiger partial charge in [-0.1, -0.05) is 11.6 Å². The van der Waals surface area contributed by atoms with Crippen molar-refractivity contribution < 1.29 is 4.74 Å². The number of nitrogen functional groups attached to an aromatic ring is 1. The molecule has 0 bridgehead atoms. The van der Waals surface area contributed by atoms with Crippen LogP contribution in [0.4, 0.5) is 5.82 Å². The SMILES string of the molecule is COc1ccc(-n2c(C)c(C)c3c(N)ncnc32)cc1Cl. The third kappa shape index (κ3) is 2.01. The Hall–Kier alpha value is -2.27. The van der Waals surface area contributed by atoms with Crippen LogP contribution >= 0.6 is 11.6 Å². The molecule has 0 aliphatic rings. The molecular weight excluding hydrogens is 288 g/mol. The summed E-state index contributed by atoms with van der Waals surface area (Å²) in [6.07, 6.45) is 1.47. The molecule has 0 aliphatic carbocycles. The predicted molar refractivity (Wildman–Crippen MR) is 84.3 cm³/mol. The third-order valence-electron chi connectivity index (χ3n) is 3.72. The minimum absolute atomic E-state index is 0.485. The maximum absolute atomic E-state index is 6.23. The Kier molecular flexibility index (Phi) is 3.22. The number of halogens is 1. The van der Waals surface area contributed by atoms with Gasteiger partial charge in [-0.05, 0) is 37.6 Å². The Balaban J connectivity index is 2.33. The summed E-state index contributed by atoms with van der Waals surface area (Å²) >= 11 is 6.23. The quantitative estimate of drug-likeness (QED) is 0.789. The van der Waals surface area contributed by atoms with Gasteiger partial charge in [0.15, 0.2) is 5.65 Å². The Bertz CT molecular complexity index is 841. The summed E-state index contributed by atoms with van der Waals surface area (Å²) in [5, 5.41) is 1.43. The Morgan fingerprint density at radius 3 is 2.67 bits per heavy atom. The standard InChI is InChI=1S/C15H15ClN4O/c1-8-9(2)20(15-13(8)14(17)18-7-19-15)10-4-5-12(21-3)11(16)6-10/h4-7H,1-3H3,(H2,17,18,19).